The Hall–Kier alpha value is 0.300. The summed E-state index contributed by atoms with van der Waals surface area (Å²) in [5, 5.41) is 11.4. The maximum Gasteiger partial charge on any atom is 0.222 e. The van der Waals surface area contributed by atoms with Gasteiger partial charge in [0.15, 0.2) is 10.6 Å². The van der Waals surface area contributed by atoms with Crippen LogP contribution in [0.5, 0.6) is 0 Å². The summed E-state index contributed by atoms with van der Waals surface area (Å²) >= 11 is 17.4. The van der Waals surface area contributed by atoms with E-state index in [4.69, 9.17) is 34.8 Å². The summed E-state index contributed by atoms with van der Waals surface area (Å²) in [5.41, 5.74) is 0. The van der Waals surface area contributed by atoms with E-state index in [2.05, 4.69) is 12.2 Å². The number of alkyl halides is 3. The molecule has 0 aliphatic rings. The van der Waals surface area contributed by atoms with Crippen LogP contribution in [-0.2, 0) is 4.79 Å². The molecule has 0 aromatic rings. The lowest BCUT2D eigenvalue weighted by Crippen LogP contribution is -2.50. The highest BCUT2D eigenvalue weighted by atomic mass is 35.5. The van der Waals surface area contributed by atoms with Crippen LogP contribution in [0.2, 0.25) is 0 Å². The molecule has 0 fully saturated rings. The zero-order valence-electron chi connectivity index (χ0n) is 10.9. The quantitative estimate of drug-likeness (QED) is 0.388. The molecule has 3 nitrogen and oxygen atoms in total. The SMILES string of the molecule is CCCCCCCC(=O)N[C@H](O)C(Cl)(Cl)[C@@H](C)Cl. The molecule has 2 N–H and O–H groups in total. The Morgan fingerprint density at radius 3 is 2.33 bits per heavy atom. The lowest BCUT2D eigenvalue weighted by molar-refractivity contribution is -0.124. The van der Waals surface area contributed by atoms with Crippen LogP contribution >= 0.6 is 34.8 Å². The monoisotopic (exact) mass is 317 g/mol. The number of carbonyl (C=O) groups excluding carboxylic acids is 1. The number of nitrogens with one attached hydrogen (secondary N) is 1. The summed E-state index contributed by atoms with van der Waals surface area (Å²) in [7, 11) is 0. The topological polar surface area (TPSA) is 49.3 Å². The molecule has 0 saturated heterocycles. The van der Waals surface area contributed by atoms with Crippen LogP contribution in [-0.4, -0.2) is 27.0 Å². The van der Waals surface area contributed by atoms with Crippen molar-refractivity contribution in [3.8, 4) is 0 Å². The van der Waals surface area contributed by atoms with Gasteiger partial charge in [0.1, 0.15) is 0 Å². The summed E-state index contributed by atoms with van der Waals surface area (Å²) in [6, 6.07) is 0. The van der Waals surface area contributed by atoms with Gasteiger partial charge in [0.05, 0.1) is 5.38 Å². The van der Waals surface area contributed by atoms with Crippen LogP contribution in [0.25, 0.3) is 0 Å². The van der Waals surface area contributed by atoms with Crippen LogP contribution in [0.3, 0.4) is 0 Å². The molecule has 6 heteroatoms. The van der Waals surface area contributed by atoms with Gasteiger partial charge in [0.2, 0.25) is 5.91 Å². The van der Waals surface area contributed by atoms with Crippen LogP contribution < -0.4 is 5.32 Å². The van der Waals surface area contributed by atoms with Crippen molar-refractivity contribution in [3.63, 3.8) is 0 Å². The Balaban J connectivity index is 3.87. The van der Waals surface area contributed by atoms with E-state index in [0.717, 1.165) is 19.3 Å². The van der Waals surface area contributed by atoms with E-state index < -0.39 is 15.9 Å². The van der Waals surface area contributed by atoms with Gasteiger partial charge in [-0.1, -0.05) is 55.8 Å². The Morgan fingerprint density at radius 1 is 1.28 bits per heavy atom. The fraction of sp³-hybridized carbons (Fsp3) is 0.917. The molecule has 0 saturated carbocycles. The summed E-state index contributed by atoms with van der Waals surface area (Å²) in [6.45, 7) is 3.69. The first kappa shape index (κ1) is 18.3. The van der Waals surface area contributed by atoms with Gasteiger partial charge in [-0.05, 0) is 13.3 Å². The number of halogens is 3. The molecule has 18 heavy (non-hydrogen) atoms. The first-order valence-electron chi connectivity index (χ1n) is 6.31. The lowest BCUT2D eigenvalue weighted by Gasteiger charge is -2.28. The van der Waals surface area contributed by atoms with E-state index in [1.807, 2.05) is 0 Å². The number of amides is 1. The van der Waals surface area contributed by atoms with Crippen molar-refractivity contribution in [2.45, 2.75) is 68.3 Å². The molecule has 108 valence electrons. The summed E-state index contributed by atoms with van der Waals surface area (Å²) in [4.78, 5) is 11.5. The molecule has 0 unspecified atom stereocenters. The van der Waals surface area contributed by atoms with Gasteiger partial charge < -0.3 is 10.4 Å². The fourth-order valence-electron chi connectivity index (χ4n) is 1.43. The minimum absolute atomic E-state index is 0.262. The number of hydrogen-bond acceptors (Lipinski definition) is 2. The normalized spacial score (nSPS) is 15.2. The number of aliphatic hydroxyl groups excluding tert-OH is 1. The van der Waals surface area contributed by atoms with Crippen molar-refractivity contribution in [2.24, 2.45) is 0 Å². The van der Waals surface area contributed by atoms with Crippen molar-refractivity contribution in [1.82, 2.24) is 5.32 Å². The van der Waals surface area contributed by atoms with Crippen molar-refractivity contribution in [3.05, 3.63) is 0 Å². The van der Waals surface area contributed by atoms with Gasteiger partial charge in [-0.2, -0.15) is 0 Å². The molecule has 0 spiro atoms. The Kier molecular flexibility index (Phi) is 9.40. The smallest absolute Gasteiger partial charge is 0.222 e. The van der Waals surface area contributed by atoms with E-state index >= 15 is 0 Å². The second-order valence-electron chi connectivity index (χ2n) is 4.42. The van der Waals surface area contributed by atoms with Crippen molar-refractivity contribution in [1.29, 1.82) is 0 Å². The first-order valence-corrected chi connectivity index (χ1v) is 7.50. The highest BCUT2D eigenvalue weighted by Crippen LogP contribution is 2.31. The van der Waals surface area contributed by atoms with Gasteiger partial charge in [0, 0.05) is 6.42 Å². The van der Waals surface area contributed by atoms with Gasteiger partial charge in [0.25, 0.3) is 0 Å². The molecular weight excluding hydrogens is 296 g/mol. The van der Waals surface area contributed by atoms with Crippen LogP contribution in [0.4, 0.5) is 0 Å². The third-order valence-electron chi connectivity index (χ3n) is 2.70. The van der Waals surface area contributed by atoms with Crippen molar-refractivity contribution >= 4 is 40.7 Å². The third kappa shape index (κ3) is 7.03. The number of rotatable bonds is 9. The number of hydrogen-bond donors (Lipinski definition) is 2. The van der Waals surface area contributed by atoms with E-state index in [1.165, 1.54) is 12.8 Å². The average Bonchev–Trinajstić information content (AvgIpc) is 2.28. The standard InChI is InChI=1S/C12H22Cl3NO2/c1-3-4-5-6-7-8-10(17)16-11(18)12(14,15)9(2)13/h9,11,18H,3-8H2,1-2H3,(H,16,17)/t9-,11-/m1/s1. The highest BCUT2D eigenvalue weighted by Gasteiger charge is 2.39. The lowest BCUT2D eigenvalue weighted by atomic mass is 10.1. The largest absolute Gasteiger partial charge is 0.370 e. The number of carbonyl (C=O) groups is 1. The molecule has 0 aliphatic heterocycles. The molecular formula is C12H22Cl3NO2. The fourth-order valence-corrected chi connectivity index (χ4v) is 1.66. The van der Waals surface area contributed by atoms with Gasteiger partial charge >= 0.3 is 0 Å². The minimum Gasteiger partial charge on any atom is -0.370 e. The maximum absolute atomic E-state index is 11.5. The molecule has 0 bridgehead atoms. The number of unbranched alkanes of at least 4 members (excludes halogenated alkanes) is 4. The summed E-state index contributed by atoms with van der Waals surface area (Å²) in [5.74, 6) is -0.262. The minimum atomic E-state index is -1.58. The van der Waals surface area contributed by atoms with Gasteiger partial charge in [-0.15, -0.1) is 11.6 Å². The maximum atomic E-state index is 11.5. The van der Waals surface area contributed by atoms with E-state index in [-0.39, 0.29) is 5.91 Å². The number of aliphatic hydroxyl groups is 1. The molecule has 0 aliphatic carbocycles. The summed E-state index contributed by atoms with van der Waals surface area (Å²) < 4.78 is -1.58. The molecule has 0 radical (unpaired) electrons. The third-order valence-corrected chi connectivity index (χ3v) is 4.34. The zero-order valence-corrected chi connectivity index (χ0v) is 13.2. The highest BCUT2D eigenvalue weighted by molar-refractivity contribution is 6.52. The van der Waals surface area contributed by atoms with Gasteiger partial charge in [-0.3, -0.25) is 4.79 Å². The molecule has 0 rings (SSSR count). The van der Waals surface area contributed by atoms with E-state index in [9.17, 15) is 9.90 Å². The second kappa shape index (κ2) is 9.24. The molecule has 0 aromatic carbocycles. The Morgan fingerprint density at radius 2 is 1.83 bits per heavy atom. The molecule has 0 heterocycles. The van der Waals surface area contributed by atoms with Crippen molar-refractivity contribution < 1.29 is 9.90 Å². The predicted molar refractivity (Wildman–Crippen MR) is 77.3 cm³/mol. The van der Waals surface area contributed by atoms with E-state index in [0.29, 0.717) is 6.42 Å². The molecule has 0 aromatic heterocycles. The molecule has 1 amide bonds. The van der Waals surface area contributed by atoms with Crippen LogP contribution in [0, 0.1) is 0 Å². The summed E-state index contributed by atoms with van der Waals surface area (Å²) in [6.07, 6.45) is 4.28. The van der Waals surface area contributed by atoms with Crippen LogP contribution in [0.15, 0.2) is 0 Å². The Bertz CT molecular complexity index is 247. The molecule has 2 atom stereocenters. The predicted octanol–water partition coefficient (Wildman–Crippen LogP) is 3.58. The van der Waals surface area contributed by atoms with Gasteiger partial charge in [-0.25, -0.2) is 0 Å². The van der Waals surface area contributed by atoms with Crippen molar-refractivity contribution in [2.75, 3.05) is 0 Å². The average molecular weight is 319 g/mol. The van der Waals surface area contributed by atoms with Crippen LogP contribution in [0.1, 0.15) is 52.4 Å². The second-order valence-corrected chi connectivity index (χ2v) is 6.52. The first-order chi connectivity index (χ1) is 8.32. The van der Waals surface area contributed by atoms with E-state index in [1.54, 1.807) is 6.92 Å². The Labute approximate surface area is 124 Å². The zero-order chi connectivity index (χ0) is 14.2.